The van der Waals surface area contributed by atoms with E-state index in [4.69, 9.17) is 0 Å². The van der Waals surface area contributed by atoms with Crippen molar-refractivity contribution < 1.29 is 0 Å². The van der Waals surface area contributed by atoms with Crippen LogP contribution in [-0.4, -0.2) is 18.6 Å². The van der Waals surface area contributed by atoms with Gasteiger partial charge in [-0.25, -0.2) is 4.99 Å². The first-order chi connectivity index (χ1) is 4.66. The van der Waals surface area contributed by atoms with Crippen molar-refractivity contribution in [2.75, 3.05) is 6.54 Å². The molecule has 0 fully saturated rings. The predicted octanol–water partition coefficient (Wildman–Crippen LogP) is 2.07. The van der Waals surface area contributed by atoms with Gasteiger partial charge in [-0.1, -0.05) is 6.58 Å². The van der Waals surface area contributed by atoms with Crippen LogP contribution in [-0.2, 0) is 0 Å². The lowest BCUT2D eigenvalue weighted by molar-refractivity contribution is 1.12. The van der Waals surface area contributed by atoms with Crippen LogP contribution < -0.4 is 0 Å². The Balaban J connectivity index is 3.89. The lowest BCUT2D eigenvalue weighted by atomic mass is 10.4. The molecule has 0 heterocycles. The third kappa shape index (κ3) is 5.22. The maximum atomic E-state index is 4.07. The van der Waals surface area contributed by atoms with Gasteiger partial charge in [0.25, 0.3) is 0 Å². The molecule has 0 aromatic heterocycles. The first-order valence-corrected chi connectivity index (χ1v) is 3.37. The van der Waals surface area contributed by atoms with Crippen LogP contribution in [0.5, 0.6) is 0 Å². The summed E-state index contributed by atoms with van der Waals surface area (Å²) in [6.45, 7) is 10.2. The number of aliphatic imine (C=N–C) groups is 2. The molecule has 2 nitrogen and oxygen atoms in total. The summed E-state index contributed by atoms with van der Waals surface area (Å²) in [6.07, 6.45) is 1.72. The van der Waals surface area contributed by atoms with Gasteiger partial charge in [0.1, 0.15) is 5.84 Å². The normalized spacial score (nSPS) is 12.5. The van der Waals surface area contributed by atoms with Gasteiger partial charge in [-0.2, -0.15) is 0 Å². The minimum Gasteiger partial charge on any atom is -0.271 e. The minimum absolute atomic E-state index is 0.791. The van der Waals surface area contributed by atoms with E-state index in [-0.39, 0.29) is 0 Å². The molecule has 0 atom stereocenters. The maximum absolute atomic E-state index is 4.07. The van der Waals surface area contributed by atoms with E-state index in [1.165, 1.54) is 0 Å². The van der Waals surface area contributed by atoms with Crippen molar-refractivity contribution in [1.82, 2.24) is 0 Å². The average Bonchev–Trinajstić information content (AvgIpc) is 1.85. The molecule has 0 spiro atoms. The Morgan fingerprint density at radius 3 is 2.50 bits per heavy atom. The van der Waals surface area contributed by atoms with Crippen LogP contribution in [0, 0.1) is 0 Å². The first-order valence-electron chi connectivity index (χ1n) is 3.37. The molecule has 0 radical (unpaired) electrons. The zero-order valence-corrected chi connectivity index (χ0v) is 6.89. The quantitative estimate of drug-likeness (QED) is 0.412. The molecule has 0 unspecified atom stereocenters. The largest absolute Gasteiger partial charge is 0.271 e. The summed E-state index contributed by atoms with van der Waals surface area (Å²) < 4.78 is 0. The van der Waals surface area contributed by atoms with Crippen molar-refractivity contribution >= 4 is 12.1 Å². The number of amidine groups is 1. The fourth-order valence-electron chi connectivity index (χ4n) is 0.473. The number of hydrogen-bond acceptors (Lipinski definition) is 1. The van der Waals surface area contributed by atoms with Crippen molar-refractivity contribution in [3.63, 3.8) is 0 Å². The van der Waals surface area contributed by atoms with Gasteiger partial charge in [-0.15, -0.1) is 0 Å². The van der Waals surface area contributed by atoms with Crippen molar-refractivity contribution in [3.05, 3.63) is 12.2 Å². The van der Waals surface area contributed by atoms with Gasteiger partial charge >= 0.3 is 0 Å². The second kappa shape index (κ2) is 4.91. The molecule has 0 aliphatic heterocycles. The summed E-state index contributed by atoms with van der Waals surface area (Å²) in [6, 6.07) is 0. The molecule has 0 aromatic carbocycles. The Bertz CT molecular complexity index is 166. The van der Waals surface area contributed by atoms with Crippen molar-refractivity contribution in [2.45, 2.75) is 20.8 Å². The van der Waals surface area contributed by atoms with E-state index in [9.17, 15) is 0 Å². The third-order valence-electron chi connectivity index (χ3n) is 0.859. The van der Waals surface area contributed by atoms with Gasteiger partial charge < -0.3 is 0 Å². The molecule has 0 aromatic rings. The molecule has 0 aliphatic carbocycles. The van der Waals surface area contributed by atoms with Crippen molar-refractivity contribution in [3.8, 4) is 0 Å². The Morgan fingerprint density at radius 2 is 2.10 bits per heavy atom. The molecule has 0 N–H and O–H groups in total. The van der Waals surface area contributed by atoms with Gasteiger partial charge in [0.05, 0.1) is 0 Å². The fourth-order valence-corrected chi connectivity index (χ4v) is 0.473. The summed E-state index contributed by atoms with van der Waals surface area (Å²) >= 11 is 0. The van der Waals surface area contributed by atoms with Crippen LogP contribution in [0.25, 0.3) is 0 Å². The Morgan fingerprint density at radius 1 is 1.50 bits per heavy atom. The van der Waals surface area contributed by atoms with Gasteiger partial charge in [-0.3, -0.25) is 4.99 Å². The summed E-state index contributed by atoms with van der Waals surface area (Å²) in [7, 11) is 0. The van der Waals surface area contributed by atoms with E-state index >= 15 is 0 Å². The van der Waals surface area contributed by atoms with Crippen LogP contribution in [0.15, 0.2) is 22.1 Å². The van der Waals surface area contributed by atoms with E-state index in [1.54, 1.807) is 6.21 Å². The maximum Gasteiger partial charge on any atom is 0.120 e. The van der Waals surface area contributed by atoms with Gasteiger partial charge in [-0.05, 0) is 26.3 Å². The molecule has 2 heteroatoms. The van der Waals surface area contributed by atoms with E-state index in [2.05, 4.69) is 16.6 Å². The Hall–Kier alpha value is -0.920. The molecule has 0 saturated carbocycles. The Labute approximate surface area is 62.4 Å². The van der Waals surface area contributed by atoms with E-state index in [0.29, 0.717) is 0 Å². The van der Waals surface area contributed by atoms with Gasteiger partial charge in [0, 0.05) is 12.8 Å². The smallest absolute Gasteiger partial charge is 0.120 e. The van der Waals surface area contributed by atoms with E-state index in [1.807, 2.05) is 20.8 Å². The van der Waals surface area contributed by atoms with Crippen LogP contribution in [0.4, 0.5) is 0 Å². The minimum atomic E-state index is 0.791. The van der Waals surface area contributed by atoms with Crippen LogP contribution in [0.1, 0.15) is 20.8 Å². The SMILES string of the molecule is C=C(C)C=NC(C)=NCC. The molecule has 56 valence electrons. The molecule has 10 heavy (non-hydrogen) atoms. The van der Waals surface area contributed by atoms with Crippen LogP contribution in [0.3, 0.4) is 0 Å². The summed E-state index contributed by atoms with van der Waals surface area (Å²) in [5.41, 5.74) is 0.950. The predicted molar refractivity (Wildman–Crippen MR) is 47.0 cm³/mol. The molecule has 0 aliphatic rings. The zero-order chi connectivity index (χ0) is 7.98. The molecule has 0 saturated heterocycles. The summed E-state index contributed by atoms with van der Waals surface area (Å²) in [5.74, 6) is 0.811. The second-order valence-electron chi connectivity index (χ2n) is 2.13. The zero-order valence-electron chi connectivity index (χ0n) is 6.89. The highest BCUT2D eigenvalue weighted by Crippen LogP contribution is 1.83. The summed E-state index contributed by atoms with van der Waals surface area (Å²) in [4.78, 5) is 8.11. The third-order valence-corrected chi connectivity index (χ3v) is 0.859. The summed E-state index contributed by atoms with van der Waals surface area (Å²) in [5, 5.41) is 0. The van der Waals surface area contributed by atoms with Gasteiger partial charge in [0.2, 0.25) is 0 Å². The van der Waals surface area contributed by atoms with Gasteiger partial charge in [0.15, 0.2) is 0 Å². The topological polar surface area (TPSA) is 24.7 Å². The molecule has 0 amide bonds. The second-order valence-corrected chi connectivity index (χ2v) is 2.13. The average molecular weight is 138 g/mol. The molecule has 0 rings (SSSR count). The highest BCUT2D eigenvalue weighted by molar-refractivity contribution is 5.92. The lowest BCUT2D eigenvalue weighted by Crippen LogP contribution is -1.87. The lowest BCUT2D eigenvalue weighted by Gasteiger charge is -1.88. The number of nitrogens with zero attached hydrogens (tertiary/aromatic N) is 2. The fraction of sp³-hybridized carbons (Fsp3) is 0.500. The van der Waals surface area contributed by atoms with Crippen LogP contribution in [0.2, 0.25) is 0 Å². The molecular formula is C8H14N2. The molecule has 0 bridgehead atoms. The van der Waals surface area contributed by atoms with Crippen molar-refractivity contribution in [1.29, 1.82) is 0 Å². The standard InChI is InChI=1S/C8H14N2/c1-5-9-8(4)10-6-7(2)3/h6H,2,5H2,1,3-4H3. The number of allylic oxidation sites excluding steroid dienone is 1. The molecular weight excluding hydrogens is 124 g/mol. The monoisotopic (exact) mass is 138 g/mol. The first kappa shape index (κ1) is 9.08. The number of rotatable bonds is 2. The van der Waals surface area contributed by atoms with E-state index < -0.39 is 0 Å². The van der Waals surface area contributed by atoms with Crippen molar-refractivity contribution in [2.24, 2.45) is 9.98 Å². The Kier molecular flexibility index (Phi) is 4.46. The van der Waals surface area contributed by atoms with Crippen LogP contribution >= 0.6 is 0 Å². The van der Waals surface area contributed by atoms with E-state index in [0.717, 1.165) is 18.0 Å². The number of hydrogen-bond donors (Lipinski definition) is 0. The highest BCUT2D eigenvalue weighted by Gasteiger charge is 1.80. The highest BCUT2D eigenvalue weighted by atomic mass is 14.9.